The molecule has 2 aliphatic heterocycles. The van der Waals surface area contributed by atoms with Crippen molar-refractivity contribution in [3.63, 3.8) is 0 Å². The summed E-state index contributed by atoms with van der Waals surface area (Å²) in [7, 11) is 0. The highest BCUT2D eigenvalue weighted by Gasteiger charge is 2.56. The van der Waals surface area contributed by atoms with Crippen LogP contribution in [0.2, 0.25) is 0 Å². The average molecular weight is 419 g/mol. The van der Waals surface area contributed by atoms with E-state index in [0.29, 0.717) is 6.42 Å². The predicted molar refractivity (Wildman–Crippen MR) is 113 cm³/mol. The smallest absolute Gasteiger partial charge is 0.327 e. The van der Waals surface area contributed by atoms with Crippen LogP contribution in [0, 0.1) is 11.8 Å². The van der Waals surface area contributed by atoms with Gasteiger partial charge in [0, 0.05) is 25.2 Å². The summed E-state index contributed by atoms with van der Waals surface area (Å²) in [5, 5.41) is 4.27. The molecule has 0 amide bonds. The molecule has 1 aliphatic carbocycles. The fraction of sp³-hybridized carbons (Fsp3) is 0.400. The lowest BCUT2D eigenvalue weighted by atomic mass is 9.60. The van der Waals surface area contributed by atoms with Crippen molar-refractivity contribution in [2.24, 2.45) is 17.0 Å². The van der Waals surface area contributed by atoms with Crippen molar-refractivity contribution in [1.82, 2.24) is 0 Å². The molecule has 3 aliphatic rings. The van der Waals surface area contributed by atoms with E-state index in [4.69, 9.17) is 14.3 Å². The molecule has 2 heterocycles. The lowest BCUT2D eigenvalue weighted by Gasteiger charge is -2.43. The Morgan fingerprint density at radius 1 is 0.871 bits per heavy atom. The number of fused-ring (bicyclic) bond motifs is 1. The minimum atomic E-state index is -1.27. The van der Waals surface area contributed by atoms with E-state index in [-0.39, 0.29) is 11.3 Å². The maximum Gasteiger partial charge on any atom is 0.327 e. The number of esters is 2. The highest BCUT2D eigenvalue weighted by molar-refractivity contribution is 5.99. The summed E-state index contributed by atoms with van der Waals surface area (Å²) < 4.78 is 10.7. The van der Waals surface area contributed by atoms with E-state index in [1.165, 1.54) is 11.1 Å². The zero-order valence-corrected chi connectivity index (χ0v) is 17.6. The average Bonchev–Trinajstić information content (AvgIpc) is 3.16. The second kappa shape index (κ2) is 7.22. The number of hydrogen-bond donors (Lipinski definition) is 0. The molecule has 1 saturated heterocycles. The van der Waals surface area contributed by atoms with Gasteiger partial charge in [0.2, 0.25) is 0 Å². The van der Waals surface area contributed by atoms with Gasteiger partial charge in [-0.1, -0.05) is 65.8 Å². The molecular formula is C25H25NO5. The second-order valence-electron chi connectivity index (χ2n) is 9.00. The van der Waals surface area contributed by atoms with Crippen molar-refractivity contribution >= 4 is 17.7 Å². The molecule has 0 N–H and O–H groups in total. The van der Waals surface area contributed by atoms with E-state index in [9.17, 15) is 9.59 Å². The van der Waals surface area contributed by atoms with Crippen LogP contribution in [0.15, 0.2) is 65.8 Å². The van der Waals surface area contributed by atoms with E-state index in [1.54, 1.807) is 13.8 Å². The third-order valence-corrected chi connectivity index (χ3v) is 6.67. The van der Waals surface area contributed by atoms with Crippen LogP contribution in [-0.2, 0) is 29.3 Å². The highest BCUT2D eigenvalue weighted by atomic mass is 16.7. The molecule has 0 spiro atoms. The third-order valence-electron chi connectivity index (χ3n) is 6.67. The number of rotatable bonds is 3. The number of hydrogen-bond acceptors (Lipinski definition) is 6. The van der Waals surface area contributed by atoms with Crippen molar-refractivity contribution in [2.75, 3.05) is 0 Å². The Bertz CT molecular complexity index is 971. The summed E-state index contributed by atoms with van der Waals surface area (Å²) in [5.74, 6) is -3.81. The number of carbonyl (C=O) groups is 2. The fourth-order valence-corrected chi connectivity index (χ4v) is 5.24. The second-order valence-corrected chi connectivity index (χ2v) is 9.00. The van der Waals surface area contributed by atoms with E-state index in [2.05, 4.69) is 29.4 Å². The number of benzene rings is 2. The van der Waals surface area contributed by atoms with Gasteiger partial charge in [-0.05, 0) is 30.4 Å². The largest absolute Gasteiger partial charge is 0.422 e. The first-order chi connectivity index (χ1) is 14.9. The molecule has 2 aromatic rings. The highest BCUT2D eigenvalue weighted by Crippen LogP contribution is 2.50. The molecule has 0 bridgehead atoms. The Hall–Kier alpha value is -3.15. The summed E-state index contributed by atoms with van der Waals surface area (Å²) in [6.45, 7) is 3.10. The van der Waals surface area contributed by atoms with E-state index >= 15 is 0 Å². The Kier molecular flexibility index (Phi) is 4.61. The lowest BCUT2D eigenvalue weighted by molar-refractivity contribution is -0.246. The first-order valence-electron chi connectivity index (χ1n) is 10.7. The quantitative estimate of drug-likeness (QED) is 0.556. The van der Waals surface area contributed by atoms with Gasteiger partial charge in [0.25, 0.3) is 5.79 Å². The van der Waals surface area contributed by atoms with Crippen molar-refractivity contribution in [3.05, 3.63) is 71.8 Å². The third kappa shape index (κ3) is 3.30. The summed E-state index contributed by atoms with van der Waals surface area (Å²) in [5.41, 5.74) is 3.06. The lowest BCUT2D eigenvalue weighted by Crippen LogP contribution is -2.53. The monoisotopic (exact) mass is 419 g/mol. The topological polar surface area (TPSA) is 74.2 Å². The maximum atomic E-state index is 12.7. The van der Waals surface area contributed by atoms with Crippen molar-refractivity contribution in [3.8, 4) is 0 Å². The van der Waals surface area contributed by atoms with Gasteiger partial charge in [0.05, 0.1) is 5.71 Å². The van der Waals surface area contributed by atoms with Gasteiger partial charge < -0.3 is 14.3 Å². The fourth-order valence-electron chi connectivity index (χ4n) is 5.24. The molecule has 160 valence electrons. The summed E-state index contributed by atoms with van der Waals surface area (Å²) in [6, 6.07) is 20.8. The van der Waals surface area contributed by atoms with Gasteiger partial charge in [0.1, 0.15) is 0 Å². The molecule has 2 unspecified atom stereocenters. The van der Waals surface area contributed by atoms with Gasteiger partial charge in [-0.3, -0.25) is 9.59 Å². The molecule has 6 nitrogen and oxygen atoms in total. The zero-order valence-electron chi connectivity index (χ0n) is 17.6. The SMILES string of the molecule is CC1(C)OC(=O)C(C2ON=C3CCC(c4ccccc4)(c4ccccc4)CC32)C(=O)O1. The van der Waals surface area contributed by atoms with Crippen LogP contribution in [0.1, 0.15) is 44.2 Å². The molecule has 2 atom stereocenters. The molecule has 6 heteroatoms. The van der Waals surface area contributed by atoms with Gasteiger partial charge in [0.15, 0.2) is 12.0 Å². The maximum absolute atomic E-state index is 12.7. The first-order valence-corrected chi connectivity index (χ1v) is 10.7. The van der Waals surface area contributed by atoms with E-state index in [0.717, 1.165) is 18.6 Å². The van der Waals surface area contributed by atoms with E-state index in [1.807, 2.05) is 36.4 Å². The Morgan fingerprint density at radius 3 is 1.97 bits per heavy atom. The molecule has 0 radical (unpaired) electrons. The molecule has 0 aromatic heterocycles. The number of nitrogens with zero attached hydrogens (tertiary/aromatic N) is 1. The number of carbonyl (C=O) groups excluding carboxylic acids is 2. The zero-order chi connectivity index (χ0) is 21.6. The number of ether oxygens (including phenoxy) is 2. The normalized spacial score (nSPS) is 26.8. The van der Waals surface area contributed by atoms with Crippen LogP contribution >= 0.6 is 0 Å². The van der Waals surface area contributed by atoms with Gasteiger partial charge >= 0.3 is 11.9 Å². The molecule has 1 saturated carbocycles. The van der Waals surface area contributed by atoms with Crippen LogP contribution < -0.4 is 0 Å². The van der Waals surface area contributed by atoms with Crippen molar-refractivity contribution in [2.45, 2.75) is 50.4 Å². The van der Waals surface area contributed by atoms with Gasteiger partial charge in [-0.15, -0.1) is 0 Å². The molecule has 2 fully saturated rings. The first kappa shape index (κ1) is 19.8. The minimum absolute atomic E-state index is 0.180. The van der Waals surface area contributed by atoms with Crippen LogP contribution in [0.5, 0.6) is 0 Å². The van der Waals surface area contributed by atoms with Crippen LogP contribution in [0.3, 0.4) is 0 Å². The van der Waals surface area contributed by atoms with Gasteiger partial charge in [-0.25, -0.2) is 0 Å². The Morgan fingerprint density at radius 2 is 1.42 bits per heavy atom. The molecule has 5 rings (SSSR count). The Labute approximate surface area is 181 Å². The summed E-state index contributed by atoms with van der Waals surface area (Å²) in [4.78, 5) is 31.2. The van der Waals surface area contributed by atoms with Crippen LogP contribution in [0.25, 0.3) is 0 Å². The van der Waals surface area contributed by atoms with Crippen LogP contribution in [-0.4, -0.2) is 29.5 Å². The summed E-state index contributed by atoms with van der Waals surface area (Å²) in [6.07, 6.45) is 1.57. The minimum Gasteiger partial charge on any atom is -0.422 e. The predicted octanol–water partition coefficient (Wildman–Crippen LogP) is 3.98. The summed E-state index contributed by atoms with van der Waals surface area (Å²) >= 11 is 0. The Balaban J connectivity index is 1.52. The van der Waals surface area contributed by atoms with Crippen molar-refractivity contribution < 1.29 is 23.9 Å². The molecule has 2 aromatic carbocycles. The van der Waals surface area contributed by atoms with E-state index < -0.39 is 29.7 Å². The van der Waals surface area contributed by atoms with Crippen LogP contribution in [0.4, 0.5) is 0 Å². The van der Waals surface area contributed by atoms with Crippen molar-refractivity contribution in [1.29, 1.82) is 0 Å². The standard InChI is InChI=1S/C25H25NO5/c1-24(2)29-22(27)20(23(28)30-24)21-18-15-25(14-13-19(18)26-31-21,16-9-5-3-6-10-16)17-11-7-4-8-12-17/h3-12,18,20-21H,13-15H2,1-2H3. The number of cyclic esters (lactones) is 2. The molecular weight excluding hydrogens is 394 g/mol. The number of oxime groups is 1. The van der Waals surface area contributed by atoms with Gasteiger partial charge in [-0.2, -0.15) is 0 Å². The molecule has 31 heavy (non-hydrogen) atoms.